The van der Waals surface area contributed by atoms with Gasteiger partial charge in [-0.1, -0.05) is 19.3 Å². The lowest BCUT2D eigenvalue weighted by Crippen LogP contribution is -2.43. The highest BCUT2D eigenvalue weighted by Crippen LogP contribution is 2.11. The summed E-state index contributed by atoms with van der Waals surface area (Å²) < 4.78 is 0. The molecule has 4 heteroatoms. The molecular weight excluding hydrogens is 226 g/mol. The molecule has 18 heavy (non-hydrogen) atoms. The quantitative estimate of drug-likeness (QED) is 0.809. The van der Waals surface area contributed by atoms with E-state index in [0.717, 1.165) is 45.4 Å². The van der Waals surface area contributed by atoms with Crippen molar-refractivity contribution < 1.29 is 4.79 Å². The smallest absolute Gasteiger partial charge is 0.317 e. The highest BCUT2D eigenvalue weighted by atomic mass is 16.2. The molecule has 0 spiro atoms. The molecular formula is C14H27N3O. The van der Waals surface area contributed by atoms with Crippen molar-refractivity contribution >= 4 is 6.03 Å². The molecule has 2 amide bonds. The van der Waals surface area contributed by atoms with Gasteiger partial charge in [-0.2, -0.15) is 0 Å². The Morgan fingerprint density at radius 3 is 2.56 bits per heavy atom. The Labute approximate surface area is 110 Å². The molecule has 0 bridgehead atoms. The Hall–Kier alpha value is -0.770. The lowest BCUT2D eigenvalue weighted by molar-refractivity contribution is 0.199. The third-order valence-electron chi connectivity index (χ3n) is 4.07. The topological polar surface area (TPSA) is 44.4 Å². The SMILES string of the molecule is O=C(NCCC1CCCCN1)N1CCCCCC1. The van der Waals surface area contributed by atoms with Crippen LogP contribution in [0.15, 0.2) is 0 Å². The lowest BCUT2D eigenvalue weighted by Gasteiger charge is -2.25. The Kier molecular flexibility index (Phi) is 5.78. The minimum absolute atomic E-state index is 0.146. The number of carbonyl (C=O) groups excluding carboxylic acids is 1. The van der Waals surface area contributed by atoms with Gasteiger partial charge in [0.1, 0.15) is 0 Å². The molecule has 0 aromatic carbocycles. The monoisotopic (exact) mass is 253 g/mol. The van der Waals surface area contributed by atoms with E-state index in [1.165, 1.54) is 32.1 Å². The van der Waals surface area contributed by atoms with Gasteiger partial charge in [-0.25, -0.2) is 4.79 Å². The highest BCUT2D eigenvalue weighted by molar-refractivity contribution is 5.74. The molecule has 2 fully saturated rings. The van der Waals surface area contributed by atoms with Crippen LogP contribution in [0.2, 0.25) is 0 Å². The van der Waals surface area contributed by atoms with E-state index in [0.29, 0.717) is 6.04 Å². The second-order valence-corrected chi connectivity index (χ2v) is 5.57. The first-order chi connectivity index (χ1) is 8.86. The molecule has 0 aliphatic carbocycles. The summed E-state index contributed by atoms with van der Waals surface area (Å²) in [6.07, 6.45) is 9.84. The average molecular weight is 253 g/mol. The Morgan fingerprint density at radius 2 is 1.89 bits per heavy atom. The van der Waals surface area contributed by atoms with E-state index in [9.17, 15) is 4.79 Å². The number of likely N-dealkylation sites (tertiary alicyclic amines) is 1. The first-order valence-electron chi connectivity index (χ1n) is 7.62. The van der Waals surface area contributed by atoms with Gasteiger partial charge in [-0.15, -0.1) is 0 Å². The first kappa shape index (κ1) is 13.7. The van der Waals surface area contributed by atoms with Gasteiger partial charge in [-0.05, 0) is 38.6 Å². The van der Waals surface area contributed by atoms with Crippen molar-refractivity contribution in [3.8, 4) is 0 Å². The fourth-order valence-corrected chi connectivity index (χ4v) is 2.91. The van der Waals surface area contributed by atoms with Crippen LogP contribution in [-0.2, 0) is 0 Å². The molecule has 2 rings (SSSR count). The van der Waals surface area contributed by atoms with Crippen LogP contribution in [0, 0.1) is 0 Å². The molecule has 0 aromatic heterocycles. The van der Waals surface area contributed by atoms with Crippen LogP contribution in [0.1, 0.15) is 51.4 Å². The maximum absolute atomic E-state index is 12.0. The first-order valence-corrected chi connectivity index (χ1v) is 7.62. The minimum atomic E-state index is 0.146. The average Bonchev–Trinajstić information content (AvgIpc) is 2.69. The summed E-state index contributed by atoms with van der Waals surface area (Å²) in [7, 11) is 0. The number of hydrogen-bond acceptors (Lipinski definition) is 2. The summed E-state index contributed by atoms with van der Waals surface area (Å²) in [5.74, 6) is 0. The molecule has 2 saturated heterocycles. The summed E-state index contributed by atoms with van der Waals surface area (Å²) in [6.45, 7) is 3.83. The third kappa shape index (κ3) is 4.48. The molecule has 0 saturated carbocycles. The molecule has 2 heterocycles. The highest BCUT2D eigenvalue weighted by Gasteiger charge is 2.16. The van der Waals surface area contributed by atoms with Gasteiger partial charge in [0.25, 0.3) is 0 Å². The van der Waals surface area contributed by atoms with E-state index < -0.39 is 0 Å². The number of carbonyl (C=O) groups is 1. The zero-order valence-corrected chi connectivity index (χ0v) is 11.4. The van der Waals surface area contributed by atoms with Gasteiger partial charge < -0.3 is 15.5 Å². The fourth-order valence-electron chi connectivity index (χ4n) is 2.91. The molecule has 1 unspecified atom stereocenters. The summed E-state index contributed by atoms with van der Waals surface area (Å²) >= 11 is 0. The van der Waals surface area contributed by atoms with Crippen LogP contribution in [0.25, 0.3) is 0 Å². The van der Waals surface area contributed by atoms with Crippen LogP contribution in [0.3, 0.4) is 0 Å². The summed E-state index contributed by atoms with van der Waals surface area (Å²) in [5, 5.41) is 6.59. The van der Waals surface area contributed by atoms with E-state index in [2.05, 4.69) is 10.6 Å². The summed E-state index contributed by atoms with van der Waals surface area (Å²) in [6, 6.07) is 0.760. The second-order valence-electron chi connectivity index (χ2n) is 5.57. The van der Waals surface area contributed by atoms with Crippen LogP contribution >= 0.6 is 0 Å². The minimum Gasteiger partial charge on any atom is -0.338 e. The number of nitrogens with zero attached hydrogens (tertiary/aromatic N) is 1. The van der Waals surface area contributed by atoms with Gasteiger partial charge in [0.2, 0.25) is 0 Å². The Morgan fingerprint density at radius 1 is 1.11 bits per heavy atom. The van der Waals surface area contributed by atoms with Crippen molar-refractivity contribution in [3.63, 3.8) is 0 Å². The Balaban J connectivity index is 1.61. The van der Waals surface area contributed by atoms with Crippen molar-refractivity contribution in [1.82, 2.24) is 15.5 Å². The summed E-state index contributed by atoms with van der Waals surface area (Å²) in [4.78, 5) is 14.0. The van der Waals surface area contributed by atoms with Crippen LogP contribution < -0.4 is 10.6 Å². The maximum atomic E-state index is 12.0. The number of amides is 2. The Bertz CT molecular complexity index is 243. The van der Waals surface area contributed by atoms with Crippen molar-refractivity contribution in [1.29, 1.82) is 0 Å². The molecule has 0 aromatic rings. The van der Waals surface area contributed by atoms with Crippen molar-refractivity contribution in [2.45, 2.75) is 57.4 Å². The number of rotatable bonds is 3. The van der Waals surface area contributed by atoms with E-state index in [4.69, 9.17) is 0 Å². The van der Waals surface area contributed by atoms with E-state index >= 15 is 0 Å². The van der Waals surface area contributed by atoms with Crippen molar-refractivity contribution in [3.05, 3.63) is 0 Å². The van der Waals surface area contributed by atoms with Gasteiger partial charge >= 0.3 is 6.03 Å². The summed E-state index contributed by atoms with van der Waals surface area (Å²) in [5.41, 5.74) is 0. The third-order valence-corrected chi connectivity index (χ3v) is 4.07. The molecule has 2 aliphatic heterocycles. The van der Waals surface area contributed by atoms with Crippen LogP contribution in [0.5, 0.6) is 0 Å². The second kappa shape index (κ2) is 7.62. The van der Waals surface area contributed by atoms with E-state index in [1.54, 1.807) is 0 Å². The zero-order chi connectivity index (χ0) is 12.6. The predicted octanol–water partition coefficient (Wildman–Crippen LogP) is 2.10. The largest absolute Gasteiger partial charge is 0.338 e. The number of hydrogen-bond donors (Lipinski definition) is 2. The normalized spacial score (nSPS) is 25.6. The standard InChI is InChI=1S/C14H27N3O/c18-14(17-11-5-1-2-6-12-17)16-10-8-13-7-3-4-9-15-13/h13,15H,1-12H2,(H,16,18). The molecule has 2 aliphatic rings. The molecule has 104 valence electrons. The zero-order valence-electron chi connectivity index (χ0n) is 11.4. The van der Waals surface area contributed by atoms with Gasteiger partial charge in [0.15, 0.2) is 0 Å². The molecule has 2 N–H and O–H groups in total. The van der Waals surface area contributed by atoms with E-state index in [-0.39, 0.29) is 6.03 Å². The molecule has 4 nitrogen and oxygen atoms in total. The van der Waals surface area contributed by atoms with Crippen molar-refractivity contribution in [2.75, 3.05) is 26.2 Å². The lowest BCUT2D eigenvalue weighted by atomic mass is 10.0. The predicted molar refractivity (Wildman–Crippen MR) is 73.7 cm³/mol. The van der Waals surface area contributed by atoms with Crippen molar-refractivity contribution in [2.24, 2.45) is 0 Å². The van der Waals surface area contributed by atoms with Crippen LogP contribution in [-0.4, -0.2) is 43.2 Å². The molecule has 1 atom stereocenters. The number of nitrogens with one attached hydrogen (secondary N) is 2. The van der Waals surface area contributed by atoms with E-state index in [1.807, 2.05) is 4.90 Å². The van der Waals surface area contributed by atoms with Gasteiger partial charge in [-0.3, -0.25) is 0 Å². The number of piperidine rings is 1. The number of urea groups is 1. The van der Waals surface area contributed by atoms with Gasteiger partial charge in [0.05, 0.1) is 0 Å². The van der Waals surface area contributed by atoms with Gasteiger partial charge in [0, 0.05) is 25.7 Å². The fraction of sp³-hybridized carbons (Fsp3) is 0.929. The van der Waals surface area contributed by atoms with Crippen LogP contribution in [0.4, 0.5) is 4.79 Å². The maximum Gasteiger partial charge on any atom is 0.317 e. The molecule has 0 radical (unpaired) electrons.